The predicted molar refractivity (Wildman–Crippen MR) is 86.5 cm³/mol. The van der Waals surface area contributed by atoms with Crippen LogP contribution in [0.4, 0.5) is 5.69 Å². The Hall–Kier alpha value is -2.67. The molecule has 1 aromatic heterocycles. The summed E-state index contributed by atoms with van der Waals surface area (Å²) in [5.41, 5.74) is 2.07. The molecule has 0 aliphatic carbocycles. The molecule has 2 aromatic carbocycles. The van der Waals surface area contributed by atoms with E-state index in [0.717, 1.165) is 11.1 Å². The molecule has 0 aliphatic rings. The first kappa shape index (κ1) is 15.2. The summed E-state index contributed by atoms with van der Waals surface area (Å²) < 4.78 is 32.6. The van der Waals surface area contributed by atoms with Gasteiger partial charge >= 0.3 is 0 Å². The maximum atomic E-state index is 12.4. The van der Waals surface area contributed by atoms with Gasteiger partial charge in [0, 0.05) is 18.2 Å². The van der Waals surface area contributed by atoms with Crippen molar-refractivity contribution in [2.24, 2.45) is 0 Å². The fraction of sp³-hybridized carbons (Fsp3) is 0.125. The Kier molecular flexibility index (Phi) is 3.87. The monoisotopic (exact) mass is 329 g/mol. The second kappa shape index (κ2) is 5.85. The number of rotatable bonds is 4. The first-order chi connectivity index (χ1) is 10.9. The average molecular weight is 329 g/mol. The van der Waals surface area contributed by atoms with Crippen molar-refractivity contribution in [2.75, 3.05) is 4.72 Å². The second-order valence-corrected chi connectivity index (χ2v) is 6.81. The molecule has 1 heterocycles. The Morgan fingerprint density at radius 3 is 2.35 bits per heavy atom. The van der Waals surface area contributed by atoms with E-state index in [-0.39, 0.29) is 4.90 Å². The number of sulfonamides is 1. The molecule has 0 aliphatic heterocycles. The Balaban J connectivity index is 1.83. The van der Waals surface area contributed by atoms with E-state index in [0.29, 0.717) is 17.5 Å². The van der Waals surface area contributed by atoms with Crippen molar-refractivity contribution >= 4 is 15.7 Å². The van der Waals surface area contributed by atoms with Gasteiger partial charge in [0.05, 0.1) is 4.90 Å². The minimum absolute atomic E-state index is 0.231. The van der Waals surface area contributed by atoms with Crippen molar-refractivity contribution in [3.8, 4) is 11.5 Å². The number of hydrogen-bond donors (Lipinski definition) is 1. The summed E-state index contributed by atoms with van der Waals surface area (Å²) in [6, 6.07) is 13.5. The number of nitrogens with one attached hydrogen (secondary N) is 1. The highest BCUT2D eigenvalue weighted by atomic mass is 32.2. The van der Waals surface area contributed by atoms with Crippen LogP contribution in [0.1, 0.15) is 11.5 Å². The van der Waals surface area contributed by atoms with Crippen molar-refractivity contribution in [1.82, 2.24) is 10.2 Å². The van der Waals surface area contributed by atoms with Gasteiger partial charge in [-0.15, -0.1) is 10.2 Å². The molecule has 0 atom stereocenters. The zero-order valence-corrected chi connectivity index (χ0v) is 13.5. The Morgan fingerprint density at radius 2 is 1.74 bits per heavy atom. The molecule has 0 fully saturated rings. The van der Waals surface area contributed by atoms with Crippen molar-refractivity contribution in [1.29, 1.82) is 0 Å². The zero-order valence-electron chi connectivity index (χ0n) is 12.6. The van der Waals surface area contributed by atoms with Crippen LogP contribution in [0, 0.1) is 13.8 Å². The van der Waals surface area contributed by atoms with E-state index in [4.69, 9.17) is 4.42 Å². The summed E-state index contributed by atoms with van der Waals surface area (Å²) in [5, 5.41) is 7.69. The number of aryl methyl sites for hydroxylation is 2. The molecule has 0 saturated carbocycles. The van der Waals surface area contributed by atoms with Crippen LogP contribution in [0.3, 0.4) is 0 Å². The number of anilines is 1. The van der Waals surface area contributed by atoms with Crippen LogP contribution in [0.25, 0.3) is 11.5 Å². The third kappa shape index (κ3) is 3.40. The standard InChI is InChI=1S/C16H15N3O3S/c1-11-4-3-5-15(10-11)23(20,21)19-14-8-6-13(7-9-14)16-18-17-12(2)22-16/h3-10,19H,1-2H3. The van der Waals surface area contributed by atoms with Gasteiger partial charge < -0.3 is 4.42 Å². The molecular formula is C16H15N3O3S. The van der Waals surface area contributed by atoms with Gasteiger partial charge in [0.1, 0.15) is 0 Å². The van der Waals surface area contributed by atoms with Gasteiger partial charge in [-0.1, -0.05) is 12.1 Å². The molecule has 0 amide bonds. The largest absolute Gasteiger partial charge is 0.421 e. The average Bonchev–Trinajstić information content (AvgIpc) is 2.94. The van der Waals surface area contributed by atoms with E-state index >= 15 is 0 Å². The van der Waals surface area contributed by atoms with Crippen molar-refractivity contribution in [3.63, 3.8) is 0 Å². The second-order valence-electron chi connectivity index (χ2n) is 5.13. The van der Waals surface area contributed by atoms with E-state index in [2.05, 4.69) is 14.9 Å². The SMILES string of the molecule is Cc1cccc(S(=O)(=O)Nc2ccc(-c3nnc(C)o3)cc2)c1. The van der Waals surface area contributed by atoms with E-state index in [1.165, 1.54) is 0 Å². The van der Waals surface area contributed by atoms with Gasteiger partial charge in [0.2, 0.25) is 11.8 Å². The zero-order chi connectivity index (χ0) is 16.4. The quantitative estimate of drug-likeness (QED) is 0.794. The minimum atomic E-state index is -3.61. The summed E-state index contributed by atoms with van der Waals surface area (Å²) >= 11 is 0. The minimum Gasteiger partial charge on any atom is -0.421 e. The smallest absolute Gasteiger partial charge is 0.261 e. The molecule has 0 radical (unpaired) electrons. The molecule has 0 bridgehead atoms. The summed E-state index contributed by atoms with van der Waals surface area (Å²) in [4.78, 5) is 0.231. The summed E-state index contributed by atoms with van der Waals surface area (Å²) in [5.74, 6) is 0.875. The third-order valence-electron chi connectivity index (χ3n) is 3.21. The van der Waals surface area contributed by atoms with Crippen LogP contribution in [-0.4, -0.2) is 18.6 Å². The van der Waals surface area contributed by atoms with Crippen LogP contribution in [0.5, 0.6) is 0 Å². The molecule has 6 nitrogen and oxygen atoms in total. The summed E-state index contributed by atoms with van der Waals surface area (Å²) in [7, 11) is -3.61. The molecule has 0 unspecified atom stereocenters. The normalized spacial score (nSPS) is 11.4. The Morgan fingerprint density at radius 1 is 1.00 bits per heavy atom. The maximum Gasteiger partial charge on any atom is 0.261 e. The van der Waals surface area contributed by atoms with Crippen LogP contribution >= 0.6 is 0 Å². The summed E-state index contributed by atoms with van der Waals surface area (Å²) in [6.07, 6.45) is 0. The Labute approximate surface area is 134 Å². The van der Waals surface area contributed by atoms with E-state index < -0.39 is 10.0 Å². The number of nitrogens with zero attached hydrogens (tertiary/aromatic N) is 2. The van der Waals surface area contributed by atoms with E-state index in [9.17, 15) is 8.42 Å². The van der Waals surface area contributed by atoms with Crippen LogP contribution in [-0.2, 0) is 10.0 Å². The van der Waals surface area contributed by atoms with Crippen LogP contribution < -0.4 is 4.72 Å². The van der Waals surface area contributed by atoms with Gasteiger partial charge in [-0.05, 0) is 48.9 Å². The first-order valence-corrected chi connectivity index (χ1v) is 8.42. The highest BCUT2D eigenvalue weighted by Crippen LogP contribution is 2.22. The van der Waals surface area contributed by atoms with E-state index in [1.807, 2.05) is 13.0 Å². The van der Waals surface area contributed by atoms with Gasteiger partial charge in [-0.2, -0.15) is 0 Å². The lowest BCUT2D eigenvalue weighted by Gasteiger charge is -2.09. The molecule has 7 heteroatoms. The summed E-state index contributed by atoms with van der Waals surface area (Å²) in [6.45, 7) is 3.56. The molecule has 23 heavy (non-hydrogen) atoms. The van der Waals surface area contributed by atoms with Gasteiger partial charge in [-0.3, -0.25) is 4.72 Å². The van der Waals surface area contributed by atoms with Gasteiger partial charge in [0.25, 0.3) is 10.0 Å². The fourth-order valence-corrected chi connectivity index (χ4v) is 3.25. The molecule has 0 saturated heterocycles. The molecular weight excluding hydrogens is 314 g/mol. The fourth-order valence-electron chi connectivity index (χ4n) is 2.09. The number of benzene rings is 2. The lowest BCUT2D eigenvalue weighted by molar-refractivity contribution is 0.533. The predicted octanol–water partition coefficient (Wildman–Crippen LogP) is 3.15. The van der Waals surface area contributed by atoms with Crippen molar-refractivity contribution in [2.45, 2.75) is 18.7 Å². The third-order valence-corrected chi connectivity index (χ3v) is 4.59. The highest BCUT2D eigenvalue weighted by Gasteiger charge is 2.14. The molecule has 3 aromatic rings. The maximum absolute atomic E-state index is 12.4. The highest BCUT2D eigenvalue weighted by molar-refractivity contribution is 7.92. The number of hydrogen-bond acceptors (Lipinski definition) is 5. The van der Waals surface area contributed by atoms with Crippen molar-refractivity contribution < 1.29 is 12.8 Å². The van der Waals surface area contributed by atoms with Crippen molar-refractivity contribution in [3.05, 3.63) is 60.0 Å². The molecule has 118 valence electrons. The molecule has 3 rings (SSSR count). The lowest BCUT2D eigenvalue weighted by atomic mass is 10.2. The van der Waals surface area contributed by atoms with Crippen LogP contribution in [0.15, 0.2) is 57.8 Å². The number of aromatic nitrogens is 2. The van der Waals surface area contributed by atoms with Crippen LogP contribution in [0.2, 0.25) is 0 Å². The molecule has 0 spiro atoms. The van der Waals surface area contributed by atoms with Gasteiger partial charge in [0.15, 0.2) is 0 Å². The first-order valence-electron chi connectivity index (χ1n) is 6.94. The topological polar surface area (TPSA) is 85.1 Å². The Bertz CT molecular complexity index is 931. The molecule has 1 N–H and O–H groups in total. The van der Waals surface area contributed by atoms with Gasteiger partial charge in [-0.25, -0.2) is 8.42 Å². The lowest BCUT2D eigenvalue weighted by Crippen LogP contribution is -2.12. The van der Waals surface area contributed by atoms with E-state index in [1.54, 1.807) is 49.4 Å².